The normalized spacial score (nSPS) is 29.8. The first kappa shape index (κ1) is 13.6. The van der Waals surface area contributed by atoms with Gasteiger partial charge in [-0.25, -0.2) is 4.98 Å². The molecule has 3 rings (SSSR count). The van der Waals surface area contributed by atoms with E-state index in [2.05, 4.69) is 22.1 Å². The Morgan fingerprint density at radius 3 is 2.75 bits per heavy atom. The molecule has 0 aromatic carbocycles. The van der Waals surface area contributed by atoms with E-state index >= 15 is 0 Å². The Morgan fingerprint density at radius 2 is 2.10 bits per heavy atom. The zero-order chi connectivity index (χ0) is 14.5. The summed E-state index contributed by atoms with van der Waals surface area (Å²) in [5.74, 6) is 1.90. The molecule has 5 nitrogen and oxygen atoms in total. The predicted molar refractivity (Wildman–Crippen MR) is 80.2 cm³/mol. The van der Waals surface area contributed by atoms with E-state index in [0.717, 1.165) is 19.6 Å². The highest BCUT2D eigenvalue weighted by atomic mass is 16.1. The van der Waals surface area contributed by atoms with Crippen molar-refractivity contribution in [2.75, 3.05) is 24.5 Å². The molecule has 1 N–H and O–H groups in total. The molecule has 3 unspecified atom stereocenters. The second kappa shape index (κ2) is 4.58. The van der Waals surface area contributed by atoms with Gasteiger partial charge in [0.15, 0.2) is 5.82 Å². The minimum atomic E-state index is -0.213. The highest BCUT2D eigenvalue weighted by Crippen LogP contribution is 2.33. The number of aromatic nitrogens is 2. The summed E-state index contributed by atoms with van der Waals surface area (Å²) in [4.78, 5) is 19.3. The van der Waals surface area contributed by atoms with E-state index < -0.39 is 0 Å². The first-order valence-corrected chi connectivity index (χ1v) is 7.45. The van der Waals surface area contributed by atoms with Crippen LogP contribution in [0.25, 0.3) is 0 Å². The van der Waals surface area contributed by atoms with Crippen LogP contribution in [-0.2, 0) is 5.54 Å². The third-order valence-corrected chi connectivity index (χ3v) is 4.75. The van der Waals surface area contributed by atoms with E-state index in [4.69, 9.17) is 0 Å². The maximum Gasteiger partial charge on any atom is 0.293 e. The van der Waals surface area contributed by atoms with Gasteiger partial charge in [-0.05, 0) is 39.5 Å². The van der Waals surface area contributed by atoms with Gasteiger partial charge in [0, 0.05) is 43.6 Å². The van der Waals surface area contributed by atoms with E-state index in [1.165, 1.54) is 0 Å². The van der Waals surface area contributed by atoms with Crippen molar-refractivity contribution in [3.05, 3.63) is 22.7 Å². The van der Waals surface area contributed by atoms with Gasteiger partial charge in [-0.15, -0.1) is 0 Å². The van der Waals surface area contributed by atoms with E-state index in [0.29, 0.717) is 23.7 Å². The second-order valence-electron chi connectivity index (χ2n) is 7.07. The van der Waals surface area contributed by atoms with Gasteiger partial charge in [0.2, 0.25) is 0 Å². The molecule has 3 atom stereocenters. The summed E-state index contributed by atoms with van der Waals surface area (Å²) >= 11 is 0. The van der Waals surface area contributed by atoms with Crippen molar-refractivity contribution in [1.29, 1.82) is 0 Å². The van der Waals surface area contributed by atoms with E-state index in [1.807, 2.05) is 20.8 Å². The average molecular weight is 276 g/mol. The fourth-order valence-corrected chi connectivity index (χ4v) is 3.57. The van der Waals surface area contributed by atoms with Gasteiger partial charge in [0.25, 0.3) is 5.56 Å². The number of nitrogens with one attached hydrogen (secondary N) is 1. The Bertz CT molecular complexity index is 560. The molecule has 0 saturated carbocycles. The van der Waals surface area contributed by atoms with Gasteiger partial charge in [-0.1, -0.05) is 0 Å². The number of hydrogen-bond acceptors (Lipinski definition) is 4. The predicted octanol–water partition coefficient (Wildman–Crippen LogP) is 1.04. The van der Waals surface area contributed by atoms with E-state index in [-0.39, 0.29) is 11.1 Å². The number of fused-ring (bicyclic) bond motifs is 1. The van der Waals surface area contributed by atoms with Gasteiger partial charge in [-0.3, -0.25) is 4.79 Å². The van der Waals surface area contributed by atoms with Crippen LogP contribution in [-0.4, -0.2) is 35.2 Å². The van der Waals surface area contributed by atoms with E-state index in [9.17, 15) is 4.79 Å². The SMILES string of the molecule is CC1C2CNCC2CN1c1nccn(C(C)(C)C)c1=O. The molecule has 0 spiro atoms. The van der Waals surface area contributed by atoms with Crippen molar-refractivity contribution in [1.82, 2.24) is 14.9 Å². The van der Waals surface area contributed by atoms with Crippen LogP contribution in [0.15, 0.2) is 17.2 Å². The standard InChI is InChI=1S/C15H24N4O/c1-10-12-8-16-7-11(12)9-18(10)13-14(20)19(6-5-17-13)15(2,3)4/h5-6,10-12,16H,7-9H2,1-4H3. The number of rotatable bonds is 1. The van der Waals surface area contributed by atoms with Gasteiger partial charge in [0.1, 0.15) is 0 Å². The smallest absolute Gasteiger partial charge is 0.293 e. The maximum atomic E-state index is 12.7. The Labute approximate surface area is 120 Å². The van der Waals surface area contributed by atoms with Crippen molar-refractivity contribution < 1.29 is 0 Å². The topological polar surface area (TPSA) is 50.2 Å². The fraction of sp³-hybridized carbons (Fsp3) is 0.733. The minimum absolute atomic E-state index is 0.0276. The lowest BCUT2D eigenvalue weighted by Gasteiger charge is -2.28. The van der Waals surface area contributed by atoms with Crippen molar-refractivity contribution in [3.8, 4) is 0 Å². The Morgan fingerprint density at radius 1 is 1.35 bits per heavy atom. The van der Waals surface area contributed by atoms with Crippen LogP contribution in [0.2, 0.25) is 0 Å². The molecular weight excluding hydrogens is 252 g/mol. The van der Waals surface area contributed by atoms with Gasteiger partial charge < -0.3 is 14.8 Å². The molecule has 0 bridgehead atoms. The molecule has 2 fully saturated rings. The van der Waals surface area contributed by atoms with Crippen molar-refractivity contribution >= 4 is 5.82 Å². The van der Waals surface area contributed by atoms with Crippen LogP contribution in [0.3, 0.4) is 0 Å². The van der Waals surface area contributed by atoms with Crippen molar-refractivity contribution in [2.24, 2.45) is 11.8 Å². The molecule has 2 saturated heterocycles. The van der Waals surface area contributed by atoms with Gasteiger partial charge >= 0.3 is 0 Å². The van der Waals surface area contributed by atoms with Crippen LogP contribution in [0, 0.1) is 11.8 Å². The van der Waals surface area contributed by atoms with Gasteiger partial charge in [0.05, 0.1) is 0 Å². The highest BCUT2D eigenvalue weighted by Gasteiger charge is 2.43. The summed E-state index contributed by atoms with van der Waals surface area (Å²) in [7, 11) is 0. The molecule has 20 heavy (non-hydrogen) atoms. The average Bonchev–Trinajstić information content (AvgIpc) is 2.92. The second-order valence-corrected chi connectivity index (χ2v) is 7.07. The first-order valence-electron chi connectivity index (χ1n) is 7.45. The first-order chi connectivity index (χ1) is 9.39. The third-order valence-electron chi connectivity index (χ3n) is 4.75. The summed E-state index contributed by atoms with van der Waals surface area (Å²) in [5.41, 5.74) is -0.186. The monoisotopic (exact) mass is 276 g/mol. The van der Waals surface area contributed by atoms with Crippen molar-refractivity contribution in [3.63, 3.8) is 0 Å². The summed E-state index contributed by atoms with van der Waals surface area (Å²) in [5, 5.41) is 3.45. The largest absolute Gasteiger partial charge is 0.349 e. The molecule has 0 radical (unpaired) electrons. The molecule has 0 amide bonds. The lowest BCUT2D eigenvalue weighted by molar-refractivity contribution is 0.381. The van der Waals surface area contributed by atoms with Crippen LogP contribution < -0.4 is 15.8 Å². The quantitative estimate of drug-likeness (QED) is 0.833. The minimum Gasteiger partial charge on any atom is -0.349 e. The molecule has 3 heterocycles. The molecule has 2 aliphatic heterocycles. The molecule has 5 heteroatoms. The van der Waals surface area contributed by atoms with Crippen LogP contribution >= 0.6 is 0 Å². The highest BCUT2D eigenvalue weighted by molar-refractivity contribution is 5.40. The summed E-state index contributed by atoms with van der Waals surface area (Å²) in [6.45, 7) is 11.4. The van der Waals surface area contributed by atoms with Gasteiger partial charge in [-0.2, -0.15) is 0 Å². The number of hydrogen-bond donors (Lipinski definition) is 1. The molecule has 1 aromatic rings. The summed E-state index contributed by atoms with van der Waals surface area (Å²) in [6.07, 6.45) is 3.54. The molecule has 2 aliphatic rings. The maximum absolute atomic E-state index is 12.7. The molecular formula is C15H24N4O. The molecule has 1 aromatic heterocycles. The zero-order valence-corrected chi connectivity index (χ0v) is 12.8. The Hall–Kier alpha value is -1.36. The lowest BCUT2D eigenvalue weighted by atomic mass is 9.95. The molecule has 110 valence electrons. The Kier molecular flexibility index (Phi) is 3.12. The Balaban J connectivity index is 1.98. The van der Waals surface area contributed by atoms with Crippen LogP contribution in [0.4, 0.5) is 5.82 Å². The third kappa shape index (κ3) is 2.04. The molecule has 0 aliphatic carbocycles. The fourth-order valence-electron chi connectivity index (χ4n) is 3.57. The summed E-state index contributed by atoms with van der Waals surface area (Å²) < 4.78 is 1.79. The van der Waals surface area contributed by atoms with E-state index in [1.54, 1.807) is 17.0 Å². The number of nitrogens with zero attached hydrogens (tertiary/aromatic N) is 3. The van der Waals surface area contributed by atoms with Crippen LogP contribution in [0.1, 0.15) is 27.7 Å². The zero-order valence-electron chi connectivity index (χ0n) is 12.8. The lowest BCUT2D eigenvalue weighted by Crippen LogP contribution is -2.41. The van der Waals surface area contributed by atoms with Crippen molar-refractivity contribution in [2.45, 2.75) is 39.3 Å². The summed E-state index contributed by atoms with van der Waals surface area (Å²) in [6, 6.07) is 0.381. The number of anilines is 1. The van der Waals surface area contributed by atoms with Crippen LogP contribution in [0.5, 0.6) is 0 Å².